The fourth-order valence-corrected chi connectivity index (χ4v) is 2.02. The summed E-state index contributed by atoms with van der Waals surface area (Å²) in [6, 6.07) is 10.3. The Labute approximate surface area is 96.4 Å². The van der Waals surface area contributed by atoms with Crippen LogP contribution in [0.5, 0.6) is 0 Å². The molecule has 2 rings (SSSR count). The fraction of sp³-hybridized carbons (Fsp3) is 0.357. The molecule has 1 heterocycles. The zero-order valence-electron chi connectivity index (χ0n) is 9.57. The maximum absolute atomic E-state index is 11.6. The minimum atomic E-state index is 0.106. The van der Waals surface area contributed by atoms with Crippen molar-refractivity contribution in [3.63, 3.8) is 0 Å². The van der Waals surface area contributed by atoms with Gasteiger partial charge in [0.05, 0.1) is 0 Å². The van der Waals surface area contributed by atoms with E-state index in [0.717, 1.165) is 25.0 Å². The van der Waals surface area contributed by atoms with Crippen LogP contribution in [-0.4, -0.2) is 12.5 Å². The van der Waals surface area contributed by atoms with Gasteiger partial charge in [0.15, 0.2) is 0 Å². The Morgan fingerprint density at radius 1 is 1.31 bits per heavy atom. The van der Waals surface area contributed by atoms with Crippen LogP contribution in [0.2, 0.25) is 0 Å². The first-order chi connectivity index (χ1) is 7.77. The summed E-state index contributed by atoms with van der Waals surface area (Å²) >= 11 is 0. The lowest BCUT2D eigenvalue weighted by Gasteiger charge is -2.16. The molecular formula is C14H17NO. The molecule has 1 atom stereocenters. The molecule has 0 spiro atoms. The van der Waals surface area contributed by atoms with Crippen molar-refractivity contribution in [2.24, 2.45) is 0 Å². The maximum Gasteiger partial charge on any atom is 0.246 e. The molecule has 2 nitrogen and oxygen atoms in total. The highest BCUT2D eigenvalue weighted by atomic mass is 16.1. The summed E-state index contributed by atoms with van der Waals surface area (Å²) in [5.74, 6) is 0.411. The van der Waals surface area contributed by atoms with Crippen molar-refractivity contribution in [2.45, 2.75) is 25.7 Å². The summed E-state index contributed by atoms with van der Waals surface area (Å²) in [7, 11) is 0. The Bertz CT molecular complexity index is 394. The molecule has 0 aliphatic carbocycles. The summed E-state index contributed by atoms with van der Waals surface area (Å²) in [5, 5.41) is 2.88. The van der Waals surface area contributed by atoms with Crippen LogP contribution in [0, 0.1) is 0 Å². The molecule has 2 heteroatoms. The molecule has 1 unspecified atom stereocenters. The Kier molecular flexibility index (Phi) is 3.40. The van der Waals surface area contributed by atoms with Gasteiger partial charge in [-0.15, -0.1) is 0 Å². The van der Waals surface area contributed by atoms with Crippen molar-refractivity contribution >= 4 is 5.91 Å². The number of benzene rings is 1. The second kappa shape index (κ2) is 4.97. The zero-order chi connectivity index (χ0) is 11.4. The molecule has 1 saturated heterocycles. The van der Waals surface area contributed by atoms with Crippen LogP contribution < -0.4 is 5.32 Å². The lowest BCUT2D eigenvalue weighted by molar-refractivity contribution is -0.118. The summed E-state index contributed by atoms with van der Waals surface area (Å²) in [6.45, 7) is 2.94. The van der Waals surface area contributed by atoms with Crippen LogP contribution in [-0.2, 0) is 4.79 Å². The summed E-state index contributed by atoms with van der Waals surface area (Å²) in [5.41, 5.74) is 2.19. The number of allylic oxidation sites excluding steroid dienone is 1. The van der Waals surface area contributed by atoms with Crippen LogP contribution in [0.3, 0.4) is 0 Å². The molecule has 0 radical (unpaired) electrons. The molecule has 1 amide bonds. The van der Waals surface area contributed by atoms with Gasteiger partial charge in [-0.1, -0.05) is 43.3 Å². The molecule has 1 aromatic rings. The predicted molar refractivity (Wildman–Crippen MR) is 65.2 cm³/mol. The number of carbonyl (C=O) groups excluding carboxylic acids is 1. The molecule has 16 heavy (non-hydrogen) atoms. The van der Waals surface area contributed by atoms with Gasteiger partial charge in [-0.3, -0.25) is 4.79 Å². The highest BCUT2D eigenvalue weighted by Crippen LogP contribution is 2.20. The number of rotatable bonds is 2. The second-order valence-corrected chi connectivity index (χ2v) is 4.25. The zero-order valence-corrected chi connectivity index (χ0v) is 9.57. The summed E-state index contributed by atoms with van der Waals surface area (Å²) in [4.78, 5) is 11.6. The molecule has 1 aromatic carbocycles. The number of nitrogens with one attached hydrogen (secondary N) is 1. The standard InChI is InChI=1S/C14H17NO/c1-11(12-6-3-2-4-7-12)10-13-8-5-9-15-14(13)16/h2-4,6-7,10-11H,5,8-9H2,1H3,(H,15,16)/b13-10+. The average molecular weight is 215 g/mol. The minimum absolute atomic E-state index is 0.106. The molecule has 1 fully saturated rings. The van der Waals surface area contributed by atoms with Crippen molar-refractivity contribution in [1.29, 1.82) is 0 Å². The summed E-state index contributed by atoms with van der Waals surface area (Å²) in [6.07, 6.45) is 4.05. The molecule has 0 bridgehead atoms. The van der Waals surface area contributed by atoms with Crippen molar-refractivity contribution in [3.05, 3.63) is 47.5 Å². The molecule has 0 aromatic heterocycles. The van der Waals surface area contributed by atoms with Gasteiger partial charge in [0.2, 0.25) is 5.91 Å². The van der Waals surface area contributed by atoms with Gasteiger partial charge < -0.3 is 5.32 Å². The van der Waals surface area contributed by atoms with Crippen molar-refractivity contribution in [3.8, 4) is 0 Å². The van der Waals surface area contributed by atoms with Crippen molar-refractivity contribution in [1.82, 2.24) is 5.32 Å². The quantitative estimate of drug-likeness (QED) is 0.755. The third-order valence-corrected chi connectivity index (χ3v) is 2.98. The highest BCUT2D eigenvalue weighted by molar-refractivity contribution is 5.94. The second-order valence-electron chi connectivity index (χ2n) is 4.25. The largest absolute Gasteiger partial charge is 0.352 e. The summed E-state index contributed by atoms with van der Waals surface area (Å²) < 4.78 is 0. The molecular weight excluding hydrogens is 198 g/mol. The molecule has 0 saturated carbocycles. The molecule has 1 N–H and O–H groups in total. The first-order valence-corrected chi connectivity index (χ1v) is 5.81. The fourth-order valence-electron chi connectivity index (χ4n) is 2.02. The molecule has 1 aliphatic rings. The van der Waals surface area contributed by atoms with Gasteiger partial charge in [-0.25, -0.2) is 0 Å². The third kappa shape index (κ3) is 2.51. The van der Waals surface area contributed by atoms with E-state index in [4.69, 9.17) is 0 Å². The van der Waals surface area contributed by atoms with Gasteiger partial charge in [-0.05, 0) is 24.3 Å². The van der Waals surface area contributed by atoms with Gasteiger partial charge >= 0.3 is 0 Å². The van der Waals surface area contributed by atoms with E-state index < -0.39 is 0 Å². The van der Waals surface area contributed by atoms with E-state index in [2.05, 4.69) is 30.4 Å². The monoisotopic (exact) mass is 215 g/mol. The Hall–Kier alpha value is -1.57. The van der Waals surface area contributed by atoms with Gasteiger partial charge in [0, 0.05) is 12.1 Å². The Morgan fingerprint density at radius 3 is 2.75 bits per heavy atom. The predicted octanol–water partition coefficient (Wildman–Crippen LogP) is 2.63. The number of hydrogen-bond donors (Lipinski definition) is 1. The van der Waals surface area contributed by atoms with Crippen LogP contribution in [0.4, 0.5) is 0 Å². The van der Waals surface area contributed by atoms with E-state index in [1.165, 1.54) is 5.56 Å². The smallest absolute Gasteiger partial charge is 0.246 e. The van der Waals surface area contributed by atoms with E-state index in [0.29, 0.717) is 5.92 Å². The van der Waals surface area contributed by atoms with E-state index in [1.54, 1.807) is 0 Å². The molecule has 1 aliphatic heterocycles. The first kappa shape index (κ1) is 10.9. The van der Waals surface area contributed by atoms with E-state index in [1.807, 2.05) is 18.2 Å². The van der Waals surface area contributed by atoms with Gasteiger partial charge in [0.25, 0.3) is 0 Å². The van der Waals surface area contributed by atoms with E-state index in [-0.39, 0.29) is 5.91 Å². The Balaban J connectivity index is 2.14. The highest BCUT2D eigenvalue weighted by Gasteiger charge is 2.15. The van der Waals surface area contributed by atoms with Gasteiger partial charge in [0.1, 0.15) is 0 Å². The average Bonchev–Trinajstić information content (AvgIpc) is 2.33. The number of piperidine rings is 1. The van der Waals surface area contributed by atoms with Crippen LogP contribution in [0.1, 0.15) is 31.2 Å². The number of carbonyl (C=O) groups is 1. The van der Waals surface area contributed by atoms with Gasteiger partial charge in [-0.2, -0.15) is 0 Å². The number of amides is 1. The number of hydrogen-bond acceptors (Lipinski definition) is 1. The molecule has 84 valence electrons. The third-order valence-electron chi connectivity index (χ3n) is 2.98. The first-order valence-electron chi connectivity index (χ1n) is 5.81. The minimum Gasteiger partial charge on any atom is -0.352 e. The lowest BCUT2D eigenvalue weighted by atomic mass is 9.95. The lowest BCUT2D eigenvalue weighted by Crippen LogP contribution is -2.30. The topological polar surface area (TPSA) is 29.1 Å². The van der Waals surface area contributed by atoms with Crippen LogP contribution >= 0.6 is 0 Å². The SMILES string of the molecule is CC(/C=C1\CCCNC1=O)c1ccccc1. The van der Waals surface area contributed by atoms with Crippen LogP contribution in [0.25, 0.3) is 0 Å². The van der Waals surface area contributed by atoms with E-state index in [9.17, 15) is 4.79 Å². The van der Waals surface area contributed by atoms with Crippen molar-refractivity contribution in [2.75, 3.05) is 6.54 Å². The normalized spacial score (nSPS) is 20.6. The maximum atomic E-state index is 11.6. The van der Waals surface area contributed by atoms with E-state index >= 15 is 0 Å². The van der Waals surface area contributed by atoms with Crippen LogP contribution in [0.15, 0.2) is 42.0 Å². The van der Waals surface area contributed by atoms with Crippen molar-refractivity contribution < 1.29 is 4.79 Å². The Morgan fingerprint density at radius 2 is 2.06 bits per heavy atom.